The number of rotatable bonds is 5. The molecule has 0 atom stereocenters. The predicted octanol–water partition coefficient (Wildman–Crippen LogP) is 5.56. The van der Waals surface area contributed by atoms with E-state index >= 15 is 0 Å². The molecule has 0 radical (unpaired) electrons. The molecule has 5 aromatic rings. The Morgan fingerprint density at radius 3 is 1.59 bits per heavy atom. The zero-order valence-corrected chi connectivity index (χ0v) is 21.5. The lowest BCUT2D eigenvalue weighted by atomic mass is 10.2. The van der Waals surface area contributed by atoms with Gasteiger partial charge in [-0.3, -0.25) is 0 Å². The number of sulfonamides is 1. The van der Waals surface area contributed by atoms with E-state index in [-0.39, 0.29) is 4.90 Å². The van der Waals surface area contributed by atoms with Gasteiger partial charge in [-0.2, -0.15) is 10.2 Å². The first-order valence-electron chi connectivity index (χ1n) is 10.1. The van der Waals surface area contributed by atoms with Crippen molar-refractivity contribution in [1.82, 2.24) is 19.6 Å². The fourth-order valence-electron chi connectivity index (χ4n) is 3.52. The first-order valence-corrected chi connectivity index (χ1v) is 13.2. The van der Waals surface area contributed by atoms with Crippen LogP contribution in [-0.4, -0.2) is 28.0 Å². The second-order valence-electron chi connectivity index (χ2n) is 7.50. The Bertz CT molecular complexity index is 1590. The van der Waals surface area contributed by atoms with Gasteiger partial charge < -0.3 is 0 Å². The van der Waals surface area contributed by atoms with Crippen LogP contribution < -0.4 is 5.14 Å². The fourth-order valence-corrected chi connectivity index (χ4v) is 4.59. The number of aromatic nitrogens is 4. The maximum absolute atomic E-state index is 12.1. The molecule has 2 heterocycles. The van der Waals surface area contributed by atoms with E-state index < -0.39 is 10.0 Å². The van der Waals surface area contributed by atoms with Gasteiger partial charge in [0.2, 0.25) is 10.0 Å². The minimum atomic E-state index is -3.90. The van der Waals surface area contributed by atoms with Crippen molar-refractivity contribution >= 4 is 41.9 Å². The van der Waals surface area contributed by atoms with Crippen LogP contribution in [0, 0.1) is 0 Å². The molecule has 0 amide bonds. The number of primary sulfonamides is 1. The topological polar surface area (TPSA) is 95.8 Å². The van der Waals surface area contributed by atoms with Gasteiger partial charge in [-0.15, -0.1) is 0 Å². The molecule has 7 nitrogen and oxygen atoms in total. The summed E-state index contributed by atoms with van der Waals surface area (Å²) < 4.78 is 29.4. The molecule has 0 aliphatic rings. The normalized spacial score (nSPS) is 11.6. The molecule has 2 aromatic heterocycles. The van der Waals surface area contributed by atoms with E-state index in [1.165, 1.54) is 12.1 Å². The van der Waals surface area contributed by atoms with E-state index in [0.29, 0.717) is 11.4 Å². The Hall–Kier alpha value is -3.05. The van der Waals surface area contributed by atoms with Crippen LogP contribution in [0.1, 0.15) is 0 Å². The summed E-state index contributed by atoms with van der Waals surface area (Å²) in [6, 6.07) is 24.1. The Morgan fingerprint density at radius 1 is 0.647 bits per heavy atom. The van der Waals surface area contributed by atoms with Crippen molar-refractivity contribution in [1.29, 1.82) is 0 Å². The molecule has 0 aliphatic carbocycles. The maximum atomic E-state index is 12.1. The summed E-state index contributed by atoms with van der Waals surface area (Å²) in [6.45, 7) is 0. The quantitative estimate of drug-likeness (QED) is 0.286. The first-order chi connectivity index (χ1) is 16.3. The molecule has 3 aromatic carbocycles. The minimum Gasteiger partial charge on any atom is -0.238 e. The Balaban J connectivity index is 1.61. The number of hydrogen-bond acceptors (Lipinski definition) is 4. The minimum absolute atomic E-state index is 0.00719. The molecule has 0 spiro atoms. The van der Waals surface area contributed by atoms with Gasteiger partial charge in [-0.1, -0.05) is 56.1 Å². The molecule has 0 bridgehead atoms. The highest BCUT2D eigenvalue weighted by Crippen LogP contribution is 2.27. The van der Waals surface area contributed by atoms with Crippen LogP contribution in [0.2, 0.25) is 0 Å². The highest BCUT2D eigenvalue weighted by Gasteiger charge is 2.16. The van der Waals surface area contributed by atoms with Gasteiger partial charge in [0.15, 0.2) is 0 Å². The fraction of sp³-hybridized carbons (Fsp3) is 0. The van der Waals surface area contributed by atoms with Crippen LogP contribution in [0.3, 0.4) is 0 Å². The third kappa shape index (κ3) is 4.62. The average molecular weight is 599 g/mol. The molecule has 2 N–H and O–H groups in total. The highest BCUT2D eigenvalue weighted by atomic mass is 79.9. The highest BCUT2D eigenvalue weighted by molar-refractivity contribution is 9.10. The van der Waals surface area contributed by atoms with Gasteiger partial charge in [0.1, 0.15) is 0 Å². The SMILES string of the molecule is NS(=O)(=O)c1ccc(-n2ccc(-c3ccc(Br)cc3)n2)c(-n2ccc(-c3ccc(Br)cc3)n2)c1. The van der Waals surface area contributed by atoms with Crippen LogP contribution in [0.15, 0.2) is 105 Å². The average Bonchev–Trinajstić information content (AvgIpc) is 3.50. The number of nitrogens with two attached hydrogens (primary N) is 1. The Kier molecular flexibility index (Phi) is 5.98. The lowest BCUT2D eigenvalue weighted by Crippen LogP contribution is -2.14. The number of benzene rings is 3. The lowest BCUT2D eigenvalue weighted by molar-refractivity contribution is 0.597. The largest absolute Gasteiger partial charge is 0.238 e. The van der Waals surface area contributed by atoms with Crippen molar-refractivity contribution in [2.75, 3.05) is 0 Å². The van der Waals surface area contributed by atoms with Crippen LogP contribution >= 0.6 is 31.9 Å². The third-order valence-corrected chi connectivity index (χ3v) is 7.20. The van der Waals surface area contributed by atoms with Crippen molar-refractivity contribution in [3.05, 3.63) is 100 Å². The van der Waals surface area contributed by atoms with Gasteiger partial charge in [0.05, 0.1) is 27.7 Å². The van der Waals surface area contributed by atoms with Gasteiger partial charge in [-0.05, 0) is 54.6 Å². The Morgan fingerprint density at radius 2 is 1.12 bits per heavy atom. The standard InChI is InChI=1S/C24H17Br2N5O2S/c25-18-5-1-16(2-6-18)21-11-13-30(28-21)23-10-9-20(34(27,32)33)15-24(23)31-14-12-22(29-31)17-3-7-19(26)8-4-17/h1-15H,(H2,27,32,33). The zero-order chi connectivity index (χ0) is 23.9. The molecular formula is C24H17Br2N5O2S. The molecule has 0 aliphatic heterocycles. The van der Waals surface area contributed by atoms with Crippen LogP contribution in [-0.2, 0) is 10.0 Å². The summed E-state index contributed by atoms with van der Waals surface area (Å²) in [5.41, 5.74) is 4.60. The number of nitrogens with zero attached hydrogens (tertiary/aromatic N) is 4. The van der Waals surface area contributed by atoms with Crippen molar-refractivity contribution in [3.8, 4) is 33.9 Å². The van der Waals surface area contributed by atoms with Crippen molar-refractivity contribution in [2.45, 2.75) is 4.90 Å². The summed E-state index contributed by atoms with van der Waals surface area (Å²) >= 11 is 6.88. The van der Waals surface area contributed by atoms with Crippen molar-refractivity contribution < 1.29 is 8.42 Å². The first kappa shape index (κ1) is 22.7. The number of hydrogen-bond donors (Lipinski definition) is 1. The number of halogens is 2. The smallest absolute Gasteiger partial charge is 0.238 e. The zero-order valence-electron chi connectivity index (χ0n) is 17.5. The second-order valence-corrected chi connectivity index (χ2v) is 10.9. The Labute approximate surface area is 213 Å². The van der Waals surface area contributed by atoms with E-state index in [0.717, 1.165) is 31.5 Å². The second kappa shape index (κ2) is 8.95. The van der Waals surface area contributed by atoms with E-state index in [4.69, 9.17) is 10.2 Å². The summed E-state index contributed by atoms with van der Waals surface area (Å²) in [4.78, 5) is -0.00719. The van der Waals surface area contributed by atoms with E-state index in [9.17, 15) is 8.42 Å². The van der Waals surface area contributed by atoms with Gasteiger partial charge in [0, 0.05) is 32.5 Å². The molecule has 10 heteroatoms. The monoisotopic (exact) mass is 597 g/mol. The summed E-state index contributed by atoms with van der Waals surface area (Å²) in [6.07, 6.45) is 3.61. The molecule has 0 unspecified atom stereocenters. The summed E-state index contributed by atoms with van der Waals surface area (Å²) in [5, 5.41) is 14.8. The lowest BCUT2D eigenvalue weighted by Gasteiger charge is -2.12. The van der Waals surface area contributed by atoms with E-state index in [1.807, 2.05) is 66.9 Å². The predicted molar refractivity (Wildman–Crippen MR) is 138 cm³/mol. The van der Waals surface area contributed by atoms with Gasteiger partial charge in [0.25, 0.3) is 0 Å². The summed E-state index contributed by atoms with van der Waals surface area (Å²) in [7, 11) is -3.90. The molecule has 0 saturated carbocycles. The van der Waals surface area contributed by atoms with E-state index in [2.05, 4.69) is 37.0 Å². The van der Waals surface area contributed by atoms with Crippen molar-refractivity contribution in [2.24, 2.45) is 5.14 Å². The van der Waals surface area contributed by atoms with Gasteiger partial charge in [-0.25, -0.2) is 22.9 Å². The van der Waals surface area contributed by atoms with Crippen LogP contribution in [0.25, 0.3) is 33.9 Å². The molecule has 0 saturated heterocycles. The van der Waals surface area contributed by atoms with Crippen LogP contribution in [0.5, 0.6) is 0 Å². The summed E-state index contributed by atoms with van der Waals surface area (Å²) in [5.74, 6) is 0. The molecule has 0 fully saturated rings. The van der Waals surface area contributed by atoms with E-state index in [1.54, 1.807) is 21.6 Å². The third-order valence-electron chi connectivity index (χ3n) is 5.23. The van der Waals surface area contributed by atoms with Crippen molar-refractivity contribution in [3.63, 3.8) is 0 Å². The molecule has 170 valence electrons. The van der Waals surface area contributed by atoms with Crippen LogP contribution in [0.4, 0.5) is 0 Å². The molecular weight excluding hydrogens is 582 g/mol. The maximum Gasteiger partial charge on any atom is 0.238 e. The molecule has 5 rings (SSSR count). The van der Waals surface area contributed by atoms with Gasteiger partial charge >= 0.3 is 0 Å². The molecule has 34 heavy (non-hydrogen) atoms.